The molecule has 0 heterocycles. The number of anilines is 1. The van der Waals surface area contributed by atoms with Crippen LogP contribution < -0.4 is 15.4 Å². The van der Waals surface area contributed by atoms with E-state index in [0.29, 0.717) is 18.8 Å². The molecule has 0 radical (unpaired) electrons. The van der Waals surface area contributed by atoms with Crippen molar-refractivity contribution >= 4 is 17.6 Å². The van der Waals surface area contributed by atoms with Crippen molar-refractivity contribution in [3.8, 4) is 5.75 Å². The van der Waals surface area contributed by atoms with E-state index >= 15 is 0 Å². The summed E-state index contributed by atoms with van der Waals surface area (Å²) in [7, 11) is 1.72. The largest absolute Gasteiger partial charge is 0.492 e. The lowest BCUT2D eigenvalue weighted by Crippen LogP contribution is -2.51. The van der Waals surface area contributed by atoms with Crippen molar-refractivity contribution in [1.29, 1.82) is 0 Å². The minimum absolute atomic E-state index is 0.0468. The number of para-hydroxylation sites is 1. The van der Waals surface area contributed by atoms with Crippen LogP contribution in [0.3, 0.4) is 0 Å². The fourth-order valence-corrected chi connectivity index (χ4v) is 2.63. The highest BCUT2D eigenvalue weighted by atomic mass is 16.5. The average Bonchev–Trinajstić information content (AvgIpc) is 2.67. The van der Waals surface area contributed by atoms with Crippen molar-refractivity contribution < 1.29 is 14.3 Å². The van der Waals surface area contributed by atoms with Crippen molar-refractivity contribution in [3.63, 3.8) is 0 Å². The Morgan fingerprint density at radius 2 is 1.68 bits per heavy atom. The lowest BCUT2D eigenvalue weighted by molar-refractivity contribution is -0.133. The van der Waals surface area contributed by atoms with E-state index in [1.807, 2.05) is 63.2 Å². The lowest BCUT2D eigenvalue weighted by atomic mass is 10.0. The van der Waals surface area contributed by atoms with Crippen LogP contribution in [-0.4, -0.2) is 43.1 Å². The van der Waals surface area contributed by atoms with Crippen LogP contribution in [0.1, 0.15) is 19.4 Å². The molecular formula is C22H29N3O3. The van der Waals surface area contributed by atoms with Crippen molar-refractivity contribution in [1.82, 2.24) is 10.2 Å². The number of nitrogens with one attached hydrogen (secondary N) is 2. The molecule has 2 N–H and O–H groups in total. The summed E-state index contributed by atoms with van der Waals surface area (Å²) in [6.07, 6.45) is 0. The minimum Gasteiger partial charge on any atom is -0.492 e. The lowest BCUT2D eigenvalue weighted by Gasteiger charge is -2.27. The van der Waals surface area contributed by atoms with Gasteiger partial charge >= 0.3 is 6.03 Å². The Kier molecular flexibility index (Phi) is 7.87. The van der Waals surface area contributed by atoms with Gasteiger partial charge in [0.2, 0.25) is 5.91 Å². The Balaban J connectivity index is 1.86. The third-order valence-corrected chi connectivity index (χ3v) is 4.34. The number of aryl methyl sites for hydroxylation is 1. The number of rotatable bonds is 8. The molecule has 0 fully saturated rings. The summed E-state index contributed by atoms with van der Waals surface area (Å²) in [4.78, 5) is 26.6. The van der Waals surface area contributed by atoms with Crippen LogP contribution in [0, 0.1) is 12.8 Å². The minimum atomic E-state index is -0.618. The highest BCUT2D eigenvalue weighted by Crippen LogP contribution is 2.12. The molecule has 0 aliphatic heterocycles. The first kappa shape index (κ1) is 21.3. The van der Waals surface area contributed by atoms with Crippen LogP contribution in [0.25, 0.3) is 0 Å². The first-order valence-corrected chi connectivity index (χ1v) is 9.44. The quantitative estimate of drug-likeness (QED) is 0.730. The predicted octanol–water partition coefficient (Wildman–Crippen LogP) is 3.68. The van der Waals surface area contributed by atoms with E-state index in [2.05, 4.69) is 10.6 Å². The van der Waals surface area contributed by atoms with E-state index < -0.39 is 12.1 Å². The molecule has 0 aliphatic rings. The van der Waals surface area contributed by atoms with Gasteiger partial charge in [-0.25, -0.2) is 4.79 Å². The van der Waals surface area contributed by atoms with Crippen LogP contribution in [0.4, 0.5) is 10.5 Å². The maximum atomic E-state index is 12.8. The van der Waals surface area contributed by atoms with E-state index in [-0.39, 0.29) is 11.8 Å². The Morgan fingerprint density at radius 1 is 1.04 bits per heavy atom. The number of amides is 3. The zero-order chi connectivity index (χ0) is 20.5. The summed E-state index contributed by atoms with van der Waals surface area (Å²) in [5, 5.41) is 5.52. The standard InChI is InChI=1S/C22H29N3O3/c1-16(2)20(24-22(27)23-18-8-6-5-7-9-18)21(26)25(4)14-15-28-19-12-10-17(3)11-13-19/h5-13,16,20H,14-15H2,1-4H3,(H2,23,24,27). The van der Waals surface area contributed by atoms with Gasteiger partial charge in [-0.3, -0.25) is 4.79 Å². The predicted molar refractivity (Wildman–Crippen MR) is 112 cm³/mol. The molecule has 28 heavy (non-hydrogen) atoms. The first-order chi connectivity index (χ1) is 13.4. The number of benzene rings is 2. The molecule has 0 saturated heterocycles. The highest BCUT2D eigenvalue weighted by molar-refractivity contribution is 5.93. The zero-order valence-corrected chi connectivity index (χ0v) is 16.9. The van der Waals surface area contributed by atoms with Gasteiger partial charge in [0.1, 0.15) is 18.4 Å². The fraction of sp³-hybridized carbons (Fsp3) is 0.364. The maximum Gasteiger partial charge on any atom is 0.319 e. The normalized spacial score (nSPS) is 11.6. The number of urea groups is 1. The van der Waals surface area contributed by atoms with Crippen molar-refractivity contribution in [3.05, 3.63) is 60.2 Å². The average molecular weight is 383 g/mol. The van der Waals surface area contributed by atoms with E-state index in [1.165, 1.54) is 5.56 Å². The Bertz CT molecular complexity index is 760. The van der Waals surface area contributed by atoms with Gasteiger partial charge < -0.3 is 20.3 Å². The highest BCUT2D eigenvalue weighted by Gasteiger charge is 2.27. The van der Waals surface area contributed by atoms with Gasteiger partial charge in [-0.05, 0) is 37.1 Å². The molecule has 0 aromatic heterocycles. The summed E-state index contributed by atoms with van der Waals surface area (Å²) < 4.78 is 5.69. The number of hydrogen-bond acceptors (Lipinski definition) is 3. The second-order valence-electron chi connectivity index (χ2n) is 7.11. The third kappa shape index (κ3) is 6.61. The molecule has 2 aromatic carbocycles. The zero-order valence-electron chi connectivity index (χ0n) is 16.9. The molecule has 150 valence electrons. The topological polar surface area (TPSA) is 70.7 Å². The Labute approximate surface area is 166 Å². The molecule has 6 nitrogen and oxygen atoms in total. The number of hydrogen-bond donors (Lipinski definition) is 2. The summed E-state index contributed by atoms with van der Waals surface area (Å²) >= 11 is 0. The van der Waals surface area contributed by atoms with Gasteiger partial charge in [0.05, 0.1) is 6.54 Å². The third-order valence-electron chi connectivity index (χ3n) is 4.34. The van der Waals surface area contributed by atoms with Crippen LogP contribution in [0.2, 0.25) is 0 Å². The molecule has 2 rings (SSSR count). The SMILES string of the molecule is Cc1ccc(OCCN(C)C(=O)C(NC(=O)Nc2ccccc2)C(C)C)cc1. The molecule has 0 aliphatic carbocycles. The van der Waals surface area contributed by atoms with E-state index in [4.69, 9.17) is 4.74 Å². The van der Waals surface area contributed by atoms with Crippen molar-refractivity contribution in [2.24, 2.45) is 5.92 Å². The monoisotopic (exact) mass is 383 g/mol. The summed E-state index contributed by atoms with van der Waals surface area (Å²) in [5.74, 6) is 0.576. The van der Waals surface area contributed by atoms with Gasteiger partial charge in [0.15, 0.2) is 0 Å². The summed E-state index contributed by atoms with van der Waals surface area (Å²) in [6, 6.07) is 15.9. The number of likely N-dealkylation sites (N-methyl/N-ethyl adjacent to an activating group) is 1. The number of carbonyl (C=O) groups excluding carboxylic acids is 2. The maximum absolute atomic E-state index is 12.8. The molecule has 2 aromatic rings. The van der Waals surface area contributed by atoms with Gasteiger partial charge in [-0.15, -0.1) is 0 Å². The second kappa shape index (κ2) is 10.3. The van der Waals surface area contributed by atoms with E-state index in [0.717, 1.165) is 5.75 Å². The molecule has 3 amide bonds. The molecule has 0 spiro atoms. The van der Waals surface area contributed by atoms with E-state index in [9.17, 15) is 9.59 Å². The number of carbonyl (C=O) groups is 2. The van der Waals surface area contributed by atoms with Crippen LogP contribution in [0.15, 0.2) is 54.6 Å². The molecule has 0 saturated carbocycles. The van der Waals surface area contributed by atoms with Crippen LogP contribution in [0.5, 0.6) is 5.75 Å². The fourth-order valence-electron chi connectivity index (χ4n) is 2.63. The van der Waals surface area contributed by atoms with Gasteiger partial charge in [-0.1, -0.05) is 49.7 Å². The molecule has 6 heteroatoms. The first-order valence-electron chi connectivity index (χ1n) is 9.44. The summed E-state index contributed by atoms with van der Waals surface area (Å²) in [5.41, 5.74) is 1.84. The van der Waals surface area contributed by atoms with Crippen LogP contribution in [-0.2, 0) is 4.79 Å². The Hall–Kier alpha value is -3.02. The smallest absolute Gasteiger partial charge is 0.319 e. The molecule has 0 bridgehead atoms. The van der Waals surface area contributed by atoms with Crippen LogP contribution >= 0.6 is 0 Å². The molecule has 1 unspecified atom stereocenters. The second-order valence-corrected chi connectivity index (χ2v) is 7.11. The molecule has 1 atom stereocenters. The van der Waals surface area contributed by atoms with Crippen molar-refractivity contribution in [2.75, 3.05) is 25.5 Å². The summed E-state index contributed by atoms with van der Waals surface area (Å²) in [6.45, 7) is 6.64. The van der Waals surface area contributed by atoms with Gasteiger partial charge in [0.25, 0.3) is 0 Å². The van der Waals surface area contributed by atoms with Gasteiger partial charge in [-0.2, -0.15) is 0 Å². The molecular weight excluding hydrogens is 354 g/mol. The van der Waals surface area contributed by atoms with E-state index in [1.54, 1.807) is 24.1 Å². The van der Waals surface area contributed by atoms with Crippen molar-refractivity contribution in [2.45, 2.75) is 26.8 Å². The number of ether oxygens (including phenoxy) is 1. The van der Waals surface area contributed by atoms with Gasteiger partial charge in [0, 0.05) is 12.7 Å². The Morgan fingerprint density at radius 3 is 2.29 bits per heavy atom. The number of nitrogens with zero attached hydrogens (tertiary/aromatic N) is 1.